The van der Waals surface area contributed by atoms with Crippen LogP contribution in [-0.2, 0) is 10.8 Å². The van der Waals surface area contributed by atoms with Crippen molar-refractivity contribution in [1.29, 1.82) is 0 Å². The fourth-order valence-corrected chi connectivity index (χ4v) is 3.26. The summed E-state index contributed by atoms with van der Waals surface area (Å²) < 4.78 is 25.0. The van der Waals surface area contributed by atoms with Crippen molar-refractivity contribution in [3.05, 3.63) is 35.6 Å². The summed E-state index contributed by atoms with van der Waals surface area (Å²) in [6.45, 7) is 1.83. The van der Waals surface area contributed by atoms with Crippen LogP contribution in [0.1, 0.15) is 11.6 Å². The second kappa shape index (κ2) is 5.71. The maximum atomic E-state index is 13.7. The van der Waals surface area contributed by atoms with E-state index < -0.39 is 10.8 Å². The Labute approximate surface area is 103 Å². The van der Waals surface area contributed by atoms with Gasteiger partial charge in [0.2, 0.25) is 0 Å². The van der Waals surface area contributed by atoms with Crippen LogP contribution in [0.5, 0.6) is 0 Å². The summed E-state index contributed by atoms with van der Waals surface area (Å²) >= 11 is 0. The van der Waals surface area contributed by atoms with Gasteiger partial charge in [0.05, 0.1) is 0 Å². The molecule has 1 fully saturated rings. The fourth-order valence-electron chi connectivity index (χ4n) is 2.18. The van der Waals surface area contributed by atoms with E-state index in [9.17, 15) is 8.60 Å². The molecule has 1 saturated heterocycles. The lowest BCUT2D eigenvalue weighted by Crippen LogP contribution is -2.43. The summed E-state index contributed by atoms with van der Waals surface area (Å²) in [6.07, 6.45) is 0. The van der Waals surface area contributed by atoms with E-state index in [4.69, 9.17) is 5.73 Å². The van der Waals surface area contributed by atoms with Crippen LogP contribution < -0.4 is 5.73 Å². The van der Waals surface area contributed by atoms with E-state index in [0.29, 0.717) is 23.6 Å². The lowest BCUT2D eigenvalue weighted by Gasteiger charge is -2.33. The maximum absolute atomic E-state index is 13.7. The Kier molecular flexibility index (Phi) is 4.25. The highest BCUT2D eigenvalue weighted by Crippen LogP contribution is 2.23. The number of hydrogen-bond donors (Lipinski definition) is 1. The van der Waals surface area contributed by atoms with Crippen molar-refractivity contribution in [3.63, 3.8) is 0 Å². The molecule has 94 valence electrons. The van der Waals surface area contributed by atoms with E-state index in [1.807, 2.05) is 6.07 Å². The third-order valence-electron chi connectivity index (χ3n) is 3.14. The molecule has 0 bridgehead atoms. The molecule has 0 aliphatic carbocycles. The van der Waals surface area contributed by atoms with Crippen molar-refractivity contribution < 1.29 is 8.60 Å². The number of halogens is 1. The summed E-state index contributed by atoms with van der Waals surface area (Å²) in [5, 5.41) is 0. The molecule has 5 heteroatoms. The smallest absolute Gasteiger partial charge is 0.128 e. The van der Waals surface area contributed by atoms with Crippen molar-refractivity contribution in [1.82, 2.24) is 4.90 Å². The lowest BCUT2D eigenvalue weighted by atomic mass is 10.0. The first-order chi connectivity index (χ1) is 8.22. The van der Waals surface area contributed by atoms with Gasteiger partial charge in [-0.3, -0.25) is 9.11 Å². The number of benzene rings is 1. The first-order valence-electron chi connectivity index (χ1n) is 5.76. The highest BCUT2D eigenvalue weighted by Gasteiger charge is 2.25. The highest BCUT2D eigenvalue weighted by atomic mass is 32.2. The Hall–Kier alpha value is -0.780. The van der Waals surface area contributed by atoms with E-state index in [0.717, 1.165) is 13.1 Å². The van der Waals surface area contributed by atoms with Gasteiger partial charge in [0.25, 0.3) is 0 Å². The molecule has 0 radical (unpaired) electrons. The number of rotatable bonds is 3. The van der Waals surface area contributed by atoms with Gasteiger partial charge in [0.1, 0.15) is 5.82 Å². The Morgan fingerprint density at radius 1 is 1.35 bits per heavy atom. The fraction of sp³-hybridized carbons (Fsp3) is 0.500. The molecule has 0 spiro atoms. The Morgan fingerprint density at radius 3 is 2.59 bits per heavy atom. The molecule has 0 aromatic heterocycles. The molecular formula is C12H17FN2OS. The zero-order valence-corrected chi connectivity index (χ0v) is 10.5. The van der Waals surface area contributed by atoms with Gasteiger partial charge in [0, 0.05) is 53.5 Å². The molecule has 1 aliphatic rings. The molecule has 2 rings (SSSR count). The highest BCUT2D eigenvalue weighted by molar-refractivity contribution is 7.85. The summed E-state index contributed by atoms with van der Waals surface area (Å²) in [5.74, 6) is 1.10. The minimum absolute atomic E-state index is 0.103. The van der Waals surface area contributed by atoms with Crippen LogP contribution in [0.3, 0.4) is 0 Å². The molecule has 1 unspecified atom stereocenters. The van der Waals surface area contributed by atoms with E-state index in [1.165, 1.54) is 6.07 Å². The van der Waals surface area contributed by atoms with Gasteiger partial charge in [-0.2, -0.15) is 0 Å². The summed E-state index contributed by atoms with van der Waals surface area (Å²) in [6, 6.07) is 6.63. The van der Waals surface area contributed by atoms with Crippen molar-refractivity contribution in [3.8, 4) is 0 Å². The molecule has 1 atom stereocenters. The van der Waals surface area contributed by atoms with Crippen LogP contribution in [0.25, 0.3) is 0 Å². The predicted octanol–water partition coefficient (Wildman–Crippen LogP) is 0.890. The third-order valence-corrected chi connectivity index (χ3v) is 4.42. The monoisotopic (exact) mass is 256 g/mol. The van der Waals surface area contributed by atoms with Crippen molar-refractivity contribution in [2.75, 3.05) is 31.1 Å². The molecule has 17 heavy (non-hydrogen) atoms. The number of nitrogens with two attached hydrogens (primary N) is 1. The lowest BCUT2D eigenvalue weighted by molar-refractivity contribution is 0.217. The van der Waals surface area contributed by atoms with E-state index >= 15 is 0 Å². The van der Waals surface area contributed by atoms with Gasteiger partial charge < -0.3 is 5.73 Å². The van der Waals surface area contributed by atoms with Gasteiger partial charge in [-0.15, -0.1) is 0 Å². The Bertz CT molecular complexity index is 403. The summed E-state index contributed by atoms with van der Waals surface area (Å²) in [7, 11) is -0.717. The second-order valence-electron chi connectivity index (χ2n) is 4.16. The molecule has 0 saturated carbocycles. The van der Waals surface area contributed by atoms with Gasteiger partial charge in [-0.05, 0) is 6.07 Å². The zero-order chi connectivity index (χ0) is 12.3. The molecular weight excluding hydrogens is 239 g/mol. The van der Waals surface area contributed by atoms with Gasteiger partial charge in [-0.25, -0.2) is 4.39 Å². The molecule has 3 nitrogen and oxygen atoms in total. The topological polar surface area (TPSA) is 46.3 Å². The van der Waals surface area contributed by atoms with E-state index in [2.05, 4.69) is 4.90 Å². The SMILES string of the molecule is NCC(c1ccccc1F)N1CCS(=O)CC1. The molecule has 1 aliphatic heterocycles. The predicted molar refractivity (Wildman–Crippen MR) is 67.6 cm³/mol. The number of hydrogen-bond acceptors (Lipinski definition) is 3. The Balaban J connectivity index is 2.16. The van der Waals surface area contributed by atoms with E-state index in [1.54, 1.807) is 12.1 Å². The molecule has 0 amide bonds. The summed E-state index contributed by atoms with van der Waals surface area (Å²) in [4.78, 5) is 2.12. The average Bonchev–Trinajstić information content (AvgIpc) is 2.35. The van der Waals surface area contributed by atoms with Crippen LogP contribution in [0, 0.1) is 5.82 Å². The standard InChI is InChI=1S/C12H17FN2OS/c13-11-4-2-1-3-10(11)12(9-14)15-5-7-17(16)8-6-15/h1-4,12H,5-9,14H2. The van der Waals surface area contributed by atoms with E-state index in [-0.39, 0.29) is 11.9 Å². The quantitative estimate of drug-likeness (QED) is 0.873. The summed E-state index contributed by atoms with van der Waals surface area (Å²) in [5.41, 5.74) is 6.40. The van der Waals surface area contributed by atoms with Gasteiger partial charge >= 0.3 is 0 Å². The maximum Gasteiger partial charge on any atom is 0.128 e. The largest absolute Gasteiger partial charge is 0.329 e. The van der Waals surface area contributed by atoms with Crippen LogP contribution in [0.2, 0.25) is 0 Å². The molecule has 2 N–H and O–H groups in total. The van der Waals surface area contributed by atoms with Crippen molar-refractivity contribution in [2.45, 2.75) is 6.04 Å². The van der Waals surface area contributed by atoms with Gasteiger partial charge in [-0.1, -0.05) is 18.2 Å². The first-order valence-corrected chi connectivity index (χ1v) is 7.24. The minimum Gasteiger partial charge on any atom is -0.329 e. The molecule has 1 aromatic carbocycles. The average molecular weight is 256 g/mol. The van der Waals surface area contributed by atoms with Crippen molar-refractivity contribution in [2.24, 2.45) is 5.73 Å². The second-order valence-corrected chi connectivity index (χ2v) is 5.85. The van der Waals surface area contributed by atoms with Crippen LogP contribution >= 0.6 is 0 Å². The van der Waals surface area contributed by atoms with Gasteiger partial charge in [0.15, 0.2) is 0 Å². The van der Waals surface area contributed by atoms with Crippen LogP contribution in [-0.4, -0.2) is 40.2 Å². The third kappa shape index (κ3) is 2.91. The molecule has 1 heterocycles. The normalized spacial score (nSPS) is 20.4. The number of nitrogens with zero attached hydrogens (tertiary/aromatic N) is 1. The van der Waals surface area contributed by atoms with Crippen LogP contribution in [0.15, 0.2) is 24.3 Å². The zero-order valence-electron chi connectivity index (χ0n) is 9.64. The van der Waals surface area contributed by atoms with Crippen LogP contribution in [0.4, 0.5) is 4.39 Å². The van der Waals surface area contributed by atoms with Crippen molar-refractivity contribution >= 4 is 10.8 Å². The first kappa shape index (κ1) is 12.7. The Morgan fingerprint density at radius 2 is 2.00 bits per heavy atom. The minimum atomic E-state index is -0.717. The molecule has 1 aromatic rings.